The highest BCUT2D eigenvalue weighted by Crippen LogP contribution is 2.19. The lowest BCUT2D eigenvalue weighted by Gasteiger charge is -2.02. The predicted octanol–water partition coefficient (Wildman–Crippen LogP) is 2.16. The fourth-order valence-electron chi connectivity index (χ4n) is 1.31. The van der Waals surface area contributed by atoms with Gasteiger partial charge in [-0.3, -0.25) is 9.78 Å². The molecular weight excluding hydrogens is 208 g/mol. The summed E-state index contributed by atoms with van der Waals surface area (Å²) in [5.74, 6) is 0. The highest BCUT2D eigenvalue weighted by atomic mass is 32.2. The maximum absolute atomic E-state index is 11.4. The lowest BCUT2D eigenvalue weighted by molar-refractivity contribution is 1.18. The molecule has 0 saturated carbocycles. The first kappa shape index (κ1) is 9.98. The van der Waals surface area contributed by atoms with Crippen molar-refractivity contribution in [2.75, 3.05) is 6.26 Å². The van der Waals surface area contributed by atoms with Crippen molar-refractivity contribution in [3.05, 3.63) is 47.0 Å². The van der Waals surface area contributed by atoms with Crippen LogP contribution in [0.2, 0.25) is 0 Å². The molecule has 3 nitrogen and oxygen atoms in total. The second kappa shape index (κ2) is 4.31. The highest BCUT2D eigenvalue weighted by Gasteiger charge is 2.00. The Hall–Kier alpha value is -1.55. The molecule has 2 heterocycles. The van der Waals surface area contributed by atoms with E-state index in [1.807, 2.05) is 24.5 Å². The second-order valence-corrected chi connectivity index (χ2v) is 3.92. The molecule has 0 atom stereocenters. The van der Waals surface area contributed by atoms with Crippen LogP contribution < -0.4 is 5.56 Å². The number of H-pyrrole nitrogens is 1. The Morgan fingerprint density at radius 1 is 1.40 bits per heavy atom. The number of rotatable bonds is 2. The molecule has 1 N–H and O–H groups in total. The number of aromatic nitrogens is 2. The van der Waals surface area contributed by atoms with E-state index in [1.165, 1.54) is 0 Å². The third-order valence-electron chi connectivity index (χ3n) is 2.03. The number of hydrogen-bond acceptors (Lipinski definition) is 3. The molecule has 0 aromatic carbocycles. The van der Waals surface area contributed by atoms with E-state index in [0.717, 1.165) is 16.2 Å². The van der Waals surface area contributed by atoms with Gasteiger partial charge in [-0.25, -0.2) is 0 Å². The summed E-state index contributed by atoms with van der Waals surface area (Å²) in [4.78, 5) is 19.1. The SMILES string of the molecule is CSc1cc(-c2cccnc2)[nH]c(=O)c1. The number of hydrogen-bond donors (Lipinski definition) is 1. The number of thioether (sulfide) groups is 1. The van der Waals surface area contributed by atoms with Crippen LogP contribution in [0.25, 0.3) is 11.3 Å². The van der Waals surface area contributed by atoms with Crippen LogP contribution >= 0.6 is 11.8 Å². The van der Waals surface area contributed by atoms with Crippen molar-refractivity contribution < 1.29 is 0 Å². The largest absolute Gasteiger partial charge is 0.322 e. The molecule has 0 aliphatic rings. The van der Waals surface area contributed by atoms with Gasteiger partial charge in [0.05, 0.1) is 5.69 Å². The monoisotopic (exact) mass is 218 g/mol. The minimum absolute atomic E-state index is 0.0827. The van der Waals surface area contributed by atoms with Crippen molar-refractivity contribution in [1.29, 1.82) is 0 Å². The quantitative estimate of drug-likeness (QED) is 0.786. The van der Waals surface area contributed by atoms with E-state index in [2.05, 4.69) is 9.97 Å². The topological polar surface area (TPSA) is 45.8 Å². The van der Waals surface area contributed by atoms with E-state index in [4.69, 9.17) is 0 Å². The van der Waals surface area contributed by atoms with Crippen molar-refractivity contribution in [3.63, 3.8) is 0 Å². The lowest BCUT2D eigenvalue weighted by Crippen LogP contribution is -2.05. The van der Waals surface area contributed by atoms with E-state index in [9.17, 15) is 4.79 Å². The molecule has 4 heteroatoms. The molecule has 0 saturated heterocycles. The van der Waals surface area contributed by atoms with Crippen LogP contribution in [0.5, 0.6) is 0 Å². The van der Waals surface area contributed by atoms with Crippen molar-refractivity contribution in [3.8, 4) is 11.3 Å². The molecule has 0 aliphatic carbocycles. The van der Waals surface area contributed by atoms with Crippen LogP contribution in [-0.2, 0) is 0 Å². The normalized spacial score (nSPS) is 10.2. The number of aromatic amines is 1. The third kappa shape index (κ3) is 2.27. The fraction of sp³-hybridized carbons (Fsp3) is 0.0909. The summed E-state index contributed by atoms with van der Waals surface area (Å²) in [6.45, 7) is 0. The summed E-state index contributed by atoms with van der Waals surface area (Å²) in [7, 11) is 0. The molecule has 76 valence electrons. The van der Waals surface area contributed by atoms with Gasteiger partial charge in [-0.15, -0.1) is 11.8 Å². The van der Waals surface area contributed by atoms with Gasteiger partial charge < -0.3 is 4.98 Å². The number of nitrogens with zero attached hydrogens (tertiary/aromatic N) is 1. The van der Waals surface area contributed by atoms with Crippen LogP contribution in [0.3, 0.4) is 0 Å². The van der Waals surface area contributed by atoms with Crippen LogP contribution in [0.15, 0.2) is 46.3 Å². The summed E-state index contributed by atoms with van der Waals surface area (Å²) in [5.41, 5.74) is 1.64. The first-order chi connectivity index (χ1) is 7.29. The number of nitrogens with one attached hydrogen (secondary N) is 1. The fourth-order valence-corrected chi connectivity index (χ4v) is 1.77. The molecule has 0 unspecified atom stereocenters. The van der Waals surface area contributed by atoms with Gasteiger partial charge in [0.2, 0.25) is 5.56 Å². The Morgan fingerprint density at radius 2 is 2.27 bits per heavy atom. The Kier molecular flexibility index (Phi) is 2.87. The third-order valence-corrected chi connectivity index (χ3v) is 2.73. The summed E-state index contributed by atoms with van der Waals surface area (Å²) >= 11 is 1.55. The Morgan fingerprint density at radius 3 is 2.93 bits per heavy atom. The molecule has 15 heavy (non-hydrogen) atoms. The summed E-state index contributed by atoms with van der Waals surface area (Å²) in [5, 5.41) is 0. The summed E-state index contributed by atoms with van der Waals surface area (Å²) in [6.07, 6.45) is 5.39. The van der Waals surface area contributed by atoms with Crippen LogP contribution in [-0.4, -0.2) is 16.2 Å². The van der Waals surface area contributed by atoms with E-state index < -0.39 is 0 Å². The van der Waals surface area contributed by atoms with E-state index in [-0.39, 0.29) is 5.56 Å². The van der Waals surface area contributed by atoms with E-state index in [1.54, 1.807) is 30.2 Å². The first-order valence-corrected chi connectivity index (χ1v) is 5.71. The van der Waals surface area contributed by atoms with Crippen LogP contribution in [0, 0.1) is 0 Å². The van der Waals surface area contributed by atoms with Gasteiger partial charge in [0.1, 0.15) is 0 Å². The highest BCUT2D eigenvalue weighted by molar-refractivity contribution is 7.98. The molecule has 0 bridgehead atoms. The van der Waals surface area contributed by atoms with Gasteiger partial charge >= 0.3 is 0 Å². The molecule has 0 aliphatic heterocycles. The van der Waals surface area contributed by atoms with Gasteiger partial charge in [-0.2, -0.15) is 0 Å². The minimum Gasteiger partial charge on any atom is -0.322 e. The standard InChI is InChI=1S/C11H10N2OS/c1-15-9-5-10(13-11(14)6-9)8-3-2-4-12-7-8/h2-7H,1H3,(H,13,14). The predicted molar refractivity (Wildman–Crippen MR) is 62.1 cm³/mol. The Balaban J connectivity index is 2.54. The molecule has 0 radical (unpaired) electrons. The van der Waals surface area contributed by atoms with Crippen molar-refractivity contribution >= 4 is 11.8 Å². The van der Waals surface area contributed by atoms with Gasteiger partial charge in [-0.05, 0) is 24.5 Å². The van der Waals surface area contributed by atoms with Gasteiger partial charge in [0.15, 0.2) is 0 Å². The zero-order chi connectivity index (χ0) is 10.7. The van der Waals surface area contributed by atoms with Crippen LogP contribution in [0.1, 0.15) is 0 Å². The van der Waals surface area contributed by atoms with Gasteiger partial charge in [-0.1, -0.05) is 0 Å². The molecule has 2 rings (SSSR count). The zero-order valence-corrected chi connectivity index (χ0v) is 9.04. The van der Waals surface area contributed by atoms with Crippen molar-refractivity contribution in [1.82, 2.24) is 9.97 Å². The van der Waals surface area contributed by atoms with Crippen molar-refractivity contribution in [2.24, 2.45) is 0 Å². The molecule has 2 aromatic heterocycles. The molecule has 0 fully saturated rings. The maximum Gasteiger partial charge on any atom is 0.249 e. The molecule has 0 amide bonds. The molecular formula is C11H10N2OS. The lowest BCUT2D eigenvalue weighted by atomic mass is 10.2. The second-order valence-electron chi connectivity index (χ2n) is 3.04. The maximum atomic E-state index is 11.4. The molecule has 0 spiro atoms. The Labute approximate surface area is 91.6 Å². The minimum atomic E-state index is -0.0827. The van der Waals surface area contributed by atoms with Gasteiger partial charge in [0.25, 0.3) is 0 Å². The molecule has 2 aromatic rings. The average molecular weight is 218 g/mol. The first-order valence-electron chi connectivity index (χ1n) is 4.48. The zero-order valence-electron chi connectivity index (χ0n) is 8.23. The summed E-state index contributed by atoms with van der Waals surface area (Å²) < 4.78 is 0. The van der Waals surface area contributed by atoms with Crippen molar-refractivity contribution in [2.45, 2.75) is 4.90 Å². The van der Waals surface area contributed by atoms with Gasteiger partial charge in [0, 0.05) is 28.9 Å². The smallest absolute Gasteiger partial charge is 0.249 e. The average Bonchev–Trinajstić information content (AvgIpc) is 2.29. The summed E-state index contributed by atoms with van der Waals surface area (Å²) in [6, 6.07) is 7.30. The van der Waals surface area contributed by atoms with E-state index in [0.29, 0.717) is 0 Å². The van der Waals surface area contributed by atoms with E-state index >= 15 is 0 Å². The Bertz CT molecular complexity index is 507. The number of pyridine rings is 2. The van der Waals surface area contributed by atoms with Crippen LogP contribution in [0.4, 0.5) is 0 Å².